The maximum absolute atomic E-state index is 5.60. The van der Waals surface area contributed by atoms with E-state index in [2.05, 4.69) is 18.0 Å². The monoisotopic (exact) mass is 193 g/mol. The van der Waals surface area contributed by atoms with Gasteiger partial charge in [0.15, 0.2) is 0 Å². The van der Waals surface area contributed by atoms with Crippen molar-refractivity contribution in [3.8, 4) is 5.88 Å². The molecule has 0 saturated carbocycles. The van der Waals surface area contributed by atoms with Gasteiger partial charge in [-0.3, -0.25) is 0 Å². The Hall–Kier alpha value is -1.05. The van der Waals surface area contributed by atoms with E-state index in [1.165, 1.54) is 5.56 Å². The first-order valence-corrected chi connectivity index (χ1v) is 5.39. The second kappa shape index (κ2) is 4.99. The molecule has 1 unspecified atom stereocenters. The largest absolute Gasteiger partial charge is 0.474 e. The Balaban J connectivity index is 0.000000461. The van der Waals surface area contributed by atoms with Crippen molar-refractivity contribution in [1.82, 2.24) is 4.98 Å². The van der Waals surface area contributed by atoms with Crippen molar-refractivity contribution in [2.45, 2.75) is 46.6 Å². The van der Waals surface area contributed by atoms with Crippen LogP contribution in [-0.2, 0) is 6.42 Å². The number of nitrogens with zero attached hydrogens (tertiary/aromatic N) is 1. The zero-order valence-electron chi connectivity index (χ0n) is 9.50. The molecule has 14 heavy (non-hydrogen) atoms. The third-order valence-electron chi connectivity index (χ3n) is 2.21. The summed E-state index contributed by atoms with van der Waals surface area (Å²) in [6, 6.07) is 4.15. The van der Waals surface area contributed by atoms with E-state index in [-0.39, 0.29) is 0 Å². The lowest BCUT2D eigenvalue weighted by molar-refractivity contribution is 0.183. The van der Waals surface area contributed by atoms with E-state index in [1.54, 1.807) is 0 Å². The van der Waals surface area contributed by atoms with Gasteiger partial charge in [0.1, 0.15) is 0 Å². The molecule has 0 saturated heterocycles. The lowest BCUT2D eigenvalue weighted by Gasteiger charge is -2.21. The number of aromatic nitrogens is 1. The van der Waals surface area contributed by atoms with Crippen LogP contribution in [0.3, 0.4) is 0 Å². The first-order chi connectivity index (χ1) is 6.75. The molecule has 0 amide bonds. The predicted octanol–water partition coefficient (Wildman–Crippen LogP) is 3.13. The number of ether oxygens (including phenoxy) is 1. The molecule has 1 aromatic rings. The van der Waals surface area contributed by atoms with Crippen LogP contribution < -0.4 is 4.74 Å². The van der Waals surface area contributed by atoms with Gasteiger partial charge in [-0.1, -0.05) is 19.9 Å². The summed E-state index contributed by atoms with van der Waals surface area (Å²) in [6.07, 6.45) is 2.54. The van der Waals surface area contributed by atoms with Crippen LogP contribution in [0.2, 0.25) is 0 Å². The van der Waals surface area contributed by atoms with Crippen LogP contribution in [0.5, 0.6) is 5.88 Å². The summed E-state index contributed by atoms with van der Waals surface area (Å²) in [5.41, 5.74) is 2.28. The molecular formula is C12H19NO. The molecule has 0 N–H and O–H groups in total. The fourth-order valence-corrected chi connectivity index (χ4v) is 1.46. The number of hydrogen-bond donors (Lipinski definition) is 0. The Labute approximate surface area is 86.3 Å². The van der Waals surface area contributed by atoms with Crippen LogP contribution in [0, 0.1) is 6.92 Å². The molecule has 0 fully saturated rings. The SMILES string of the molecule is CC.Cc1ccc2c(n1)OC(C)CC2. The second-order valence-corrected chi connectivity index (χ2v) is 3.38. The summed E-state index contributed by atoms with van der Waals surface area (Å²) >= 11 is 0. The summed E-state index contributed by atoms with van der Waals surface area (Å²) in [7, 11) is 0. The minimum Gasteiger partial charge on any atom is -0.474 e. The third kappa shape index (κ3) is 2.47. The Morgan fingerprint density at radius 1 is 1.36 bits per heavy atom. The standard InChI is InChI=1S/C10H13NO.C2H6/c1-7-3-5-9-6-4-8(2)12-10(9)11-7;1-2/h3,5,8H,4,6H2,1-2H3;1-2H3. The normalized spacial score (nSPS) is 18.7. The minimum atomic E-state index is 0.326. The molecule has 0 spiro atoms. The van der Waals surface area contributed by atoms with E-state index < -0.39 is 0 Å². The van der Waals surface area contributed by atoms with E-state index in [4.69, 9.17) is 4.74 Å². The minimum absolute atomic E-state index is 0.326. The molecule has 2 heterocycles. The van der Waals surface area contributed by atoms with E-state index in [9.17, 15) is 0 Å². The Morgan fingerprint density at radius 3 is 2.79 bits per heavy atom. The molecule has 1 aromatic heterocycles. The maximum atomic E-state index is 5.60. The number of pyridine rings is 1. The molecule has 0 aromatic carbocycles. The van der Waals surface area contributed by atoms with Crippen molar-refractivity contribution in [2.75, 3.05) is 0 Å². The van der Waals surface area contributed by atoms with Crippen molar-refractivity contribution in [3.63, 3.8) is 0 Å². The van der Waals surface area contributed by atoms with Crippen LogP contribution in [0.25, 0.3) is 0 Å². The molecule has 1 aliphatic rings. The van der Waals surface area contributed by atoms with Crippen molar-refractivity contribution >= 4 is 0 Å². The van der Waals surface area contributed by atoms with E-state index >= 15 is 0 Å². The Kier molecular flexibility index (Phi) is 3.93. The van der Waals surface area contributed by atoms with Crippen LogP contribution in [-0.4, -0.2) is 11.1 Å². The average Bonchev–Trinajstić information content (AvgIpc) is 2.20. The van der Waals surface area contributed by atoms with Gasteiger partial charge in [-0.25, -0.2) is 4.98 Å². The molecular weight excluding hydrogens is 174 g/mol. The topological polar surface area (TPSA) is 22.1 Å². The number of hydrogen-bond acceptors (Lipinski definition) is 2. The summed E-state index contributed by atoms with van der Waals surface area (Å²) in [5, 5.41) is 0. The predicted molar refractivity (Wildman–Crippen MR) is 58.7 cm³/mol. The summed E-state index contributed by atoms with van der Waals surface area (Å²) < 4.78 is 5.60. The molecule has 1 aliphatic heterocycles. The average molecular weight is 193 g/mol. The molecule has 1 atom stereocenters. The van der Waals surface area contributed by atoms with E-state index in [1.807, 2.05) is 26.8 Å². The zero-order valence-corrected chi connectivity index (χ0v) is 9.50. The number of rotatable bonds is 0. The van der Waals surface area contributed by atoms with Gasteiger partial charge in [-0.2, -0.15) is 0 Å². The Morgan fingerprint density at radius 2 is 2.07 bits per heavy atom. The van der Waals surface area contributed by atoms with Crippen molar-refractivity contribution in [1.29, 1.82) is 0 Å². The molecule has 0 aliphatic carbocycles. The number of fused-ring (bicyclic) bond motifs is 1. The van der Waals surface area contributed by atoms with Gasteiger partial charge in [0.25, 0.3) is 0 Å². The highest BCUT2D eigenvalue weighted by Gasteiger charge is 2.16. The van der Waals surface area contributed by atoms with Gasteiger partial charge in [0, 0.05) is 11.3 Å². The van der Waals surface area contributed by atoms with Gasteiger partial charge < -0.3 is 4.74 Å². The summed E-state index contributed by atoms with van der Waals surface area (Å²) in [6.45, 7) is 8.08. The molecule has 2 heteroatoms. The van der Waals surface area contributed by atoms with Crippen molar-refractivity contribution in [3.05, 3.63) is 23.4 Å². The fourth-order valence-electron chi connectivity index (χ4n) is 1.46. The highest BCUT2D eigenvalue weighted by Crippen LogP contribution is 2.25. The van der Waals surface area contributed by atoms with Gasteiger partial charge in [0.2, 0.25) is 5.88 Å². The van der Waals surface area contributed by atoms with Crippen LogP contribution in [0.15, 0.2) is 12.1 Å². The zero-order chi connectivity index (χ0) is 10.6. The molecule has 0 bridgehead atoms. The maximum Gasteiger partial charge on any atom is 0.217 e. The highest BCUT2D eigenvalue weighted by molar-refractivity contribution is 5.29. The lowest BCUT2D eigenvalue weighted by atomic mass is 10.1. The fraction of sp³-hybridized carbons (Fsp3) is 0.583. The van der Waals surface area contributed by atoms with Crippen LogP contribution in [0.1, 0.15) is 38.4 Å². The van der Waals surface area contributed by atoms with Crippen LogP contribution >= 0.6 is 0 Å². The van der Waals surface area contributed by atoms with Crippen molar-refractivity contribution in [2.24, 2.45) is 0 Å². The highest BCUT2D eigenvalue weighted by atomic mass is 16.5. The first kappa shape index (κ1) is 11.0. The molecule has 2 nitrogen and oxygen atoms in total. The molecule has 0 radical (unpaired) electrons. The van der Waals surface area contributed by atoms with Crippen LogP contribution in [0.4, 0.5) is 0 Å². The second-order valence-electron chi connectivity index (χ2n) is 3.38. The van der Waals surface area contributed by atoms with Gasteiger partial charge in [-0.15, -0.1) is 0 Å². The van der Waals surface area contributed by atoms with Gasteiger partial charge in [-0.05, 0) is 32.8 Å². The van der Waals surface area contributed by atoms with Crippen molar-refractivity contribution < 1.29 is 4.74 Å². The Bertz CT molecular complexity index is 296. The lowest BCUT2D eigenvalue weighted by Crippen LogP contribution is -2.19. The third-order valence-corrected chi connectivity index (χ3v) is 2.21. The first-order valence-electron chi connectivity index (χ1n) is 5.39. The van der Waals surface area contributed by atoms with E-state index in [0.717, 1.165) is 24.4 Å². The smallest absolute Gasteiger partial charge is 0.217 e. The number of aryl methyl sites for hydroxylation is 2. The van der Waals surface area contributed by atoms with E-state index in [0.29, 0.717) is 6.10 Å². The summed E-state index contributed by atoms with van der Waals surface area (Å²) in [5.74, 6) is 0.841. The summed E-state index contributed by atoms with van der Waals surface area (Å²) in [4.78, 5) is 4.34. The molecule has 2 rings (SSSR count). The van der Waals surface area contributed by atoms with Gasteiger partial charge >= 0.3 is 0 Å². The quantitative estimate of drug-likeness (QED) is 0.631. The molecule has 78 valence electrons. The van der Waals surface area contributed by atoms with Gasteiger partial charge in [0.05, 0.1) is 6.10 Å².